The molecule has 1 aromatic rings. The maximum Gasteiger partial charge on any atom is 0.241 e. The summed E-state index contributed by atoms with van der Waals surface area (Å²) in [6.07, 6.45) is 0. The second-order valence-electron chi connectivity index (χ2n) is 4.25. The van der Waals surface area contributed by atoms with Crippen molar-refractivity contribution in [3.05, 3.63) is 35.1 Å². The highest BCUT2D eigenvalue weighted by molar-refractivity contribution is 5.84. The predicted octanol–water partition coefficient (Wildman–Crippen LogP) is 1.28. The van der Waals surface area contributed by atoms with Crippen molar-refractivity contribution in [1.29, 1.82) is 0 Å². The summed E-state index contributed by atoms with van der Waals surface area (Å²) >= 11 is 0. The number of amides is 1. The molecule has 16 heavy (non-hydrogen) atoms. The lowest BCUT2D eigenvalue weighted by atomic mass is 9.98. The van der Waals surface area contributed by atoms with E-state index in [0.717, 1.165) is 11.1 Å². The van der Waals surface area contributed by atoms with Crippen molar-refractivity contribution in [2.24, 2.45) is 0 Å². The minimum Gasteiger partial charge on any atom is -0.353 e. The molecule has 3 nitrogen and oxygen atoms in total. The Morgan fingerprint density at radius 3 is 2.88 bits per heavy atom. The molecule has 0 aliphatic carbocycles. The normalized spacial score (nSPS) is 25.3. The molecule has 1 saturated heterocycles. The number of carbonyl (C=O) groups is 1. The van der Waals surface area contributed by atoms with Crippen LogP contribution in [0, 0.1) is 12.7 Å². The molecule has 1 fully saturated rings. The van der Waals surface area contributed by atoms with Crippen LogP contribution in [0.4, 0.5) is 4.39 Å². The van der Waals surface area contributed by atoms with Crippen molar-refractivity contribution in [2.45, 2.75) is 25.9 Å². The summed E-state index contributed by atoms with van der Waals surface area (Å²) in [6.45, 7) is 4.45. The van der Waals surface area contributed by atoms with Crippen molar-refractivity contribution in [3.63, 3.8) is 0 Å². The number of rotatable bonds is 1. The van der Waals surface area contributed by atoms with Crippen LogP contribution < -0.4 is 10.6 Å². The molecule has 2 rings (SSSR count). The Hall–Kier alpha value is -1.42. The Labute approximate surface area is 94.0 Å². The molecule has 1 heterocycles. The van der Waals surface area contributed by atoms with Crippen LogP contribution in [-0.2, 0) is 4.79 Å². The number of aryl methyl sites for hydroxylation is 1. The molecule has 2 N–H and O–H groups in total. The monoisotopic (exact) mass is 222 g/mol. The van der Waals surface area contributed by atoms with Gasteiger partial charge in [0.25, 0.3) is 0 Å². The average molecular weight is 222 g/mol. The van der Waals surface area contributed by atoms with Gasteiger partial charge in [-0.3, -0.25) is 10.1 Å². The third-order valence-corrected chi connectivity index (χ3v) is 2.84. The Morgan fingerprint density at radius 2 is 2.19 bits per heavy atom. The largest absolute Gasteiger partial charge is 0.353 e. The van der Waals surface area contributed by atoms with Gasteiger partial charge in [0, 0.05) is 12.6 Å². The third-order valence-electron chi connectivity index (χ3n) is 2.84. The SMILES string of the molecule is Cc1cc(F)ccc1C1NC(C)CNC1=O. The topological polar surface area (TPSA) is 41.1 Å². The zero-order valence-corrected chi connectivity index (χ0v) is 9.38. The van der Waals surface area contributed by atoms with Crippen molar-refractivity contribution in [1.82, 2.24) is 10.6 Å². The lowest BCUT2D eigenvalue weighted by Gasteiger charge is -2.29. The molecule has 2 atom stereocenters. The molecule has 0 spiro atoms. The number of piperazine rings is 1. The number of carbonyl (C=O) groups excluding carboxylic acids is 1. The van der Waals surface area contributed by atoms with Gasteiger partial charge in [-0.2, -0.15) is 0 Å². The molecule has 0 saturated carbocycles. The van der Waals surface area contributed by atoms with E-state index in [2.05, 4.69) is 10.6 Å². The highest BCUT2D eigenvalue weighted by atomic mass is 19.1. The summed E-state index contributed by atoms with van der Waals surface area (Å²) in [5.41, 5.74) is 1.63. The molecular formula is C12H15FN2O. The number of hydrogen-bond donors (Lipinski definition) is 2. The Morgan fingerprint density at radius 1 is 1.44 bits per heavy atom. The van der Waals surface area contributed by atoms with Gasteiger partial charge in [-0.15, -0.1) is 0 Å². The number of halogens is 1. The van der Waals surface area contributed by atoms with E-state index in [9.17, 15) is 9.18 Å². The minimum atomic E-state index is -0.371. The third kappa shape index (κ3) is 2.07. The van der Waals surface area contributed by atoms with Gasteiger partial charge in [0.1, 0.15) is 11.9 Å². The van der Waals surface area contributed by atoms with Crippen LogP contribution in [0.3, 0.4) is 0 Å². The molecule has 2 unspecified atom stereocenters. The van der Waals surface area contributed by atoms with Gasteiger partial charge < -0.3 is 5.32 Å². The van der Waals surface area contributed by atoms with Crippen LogP contribution in [0.2, 0.25) is 0 Å². The average Bonchev–Trinajstić information content (AvgIpc) is 2.22. The lowest BCUT2D eigenvalue weighted by Crippen LogP contribution is -2.52. The molecule has 1 amide bonds. The van der Waals surface area contributed by atoms with Crippen LogP contribution >= 0.6 is 0 Å². The maximum absolute atomic E-state index is 13.0. The Bertz CT molecular complexity index is 419. The molecule has 0 radical (unpaired) electrons. The highest BCUT2D eigenvalue weighted by Gasteiger charge is 2.27. The first-order chi connectivity index (χ1) is 7.58. The summed E-state index contributed by atoms with van der Waals surface area (Å²) in [6, 6.07) is 4.36. The quantitative estimate of drug-likeness (QED) is 0.751. The first-order valence-electron chi connectivity index (χ1n) is 5.37. The minimum absolute atomic E-state index is 0.0483. The zero-order chi connectivity index (χ0) is 11.7. The fraction of sp³-hybridized carbons (Fsp3) is 0.417. The molecular weight excluding hydrogens is 207 g/mol. The van der Waals surface area contributed by atoms with E-state index in [0.29, 0.717) is 6.54 Å². The molecule has 1 aromatic carbocycles. The summed E-state index contributed by atoms with van der Waals surface area (Å²) in [5, 5.41) is 6.04. The zero-order valence-electron chi connectivity index (χ0n) is 9.38. The van der Waals surface area contributed by atoms with Gasteiger partial charge >= 0.3 is 0 Å². The number of hydrogen-bond acceptors (Lipinski definition) is 2. The standard InChI is InChI=1S/C12H15FN2O/c1-7-5-9(13)3-4-10(7)11-12(16)14-6-8(2)15-11/h3-5,8,11,15H,6H2,1-2H3,(H,14,16). The van der Waals surface area contributed by atoms with Crippen molar-refractivity contribution >= 4 is 5.91 Å². The van der Waals surface area contributed by atoms with E-state index in [-0.39, 0.29) is 23.8 Å². The van der Waals surface area contributed by atoms with Crippen LogP contribution in [0.15, 0.2) is 18.2 Å². The first kappa shape index (κ1) is 11.1. The van der Waals surface area contributed by atoms with Crippen LogP contribution in [0.5, 0.6) is 0 Å². The summed E-state index contributed by atoms with van der Waals surface area (Å²) in [7, 11) is 0. The summed E-state index contributed by atoms with van der Waals surface area (Å²) < 4.78 is 13.0. The van der Waals surface area contributed by atoms with Gasteiger partial charge in [-0.25, -0.2) is 4.39 Å². The number of benzene rings is 1. The van der Waals surface area contributed by atoms with Gasteiger partial charge in [0.05, 0.1) is 0 Å². The smallest absolute Gasteiger partial charge is 0.241 e. The molecule has 0 bridgehead atoms. The van der Waals surface area contributed by atoms with Crippen LogP contribution in [0.1, 0.15) is 24.1 Å². The maximum atomic E-state index is 13.0. The first-order valence-corrected chi connectivity index (χ1v) is 5.37. The molecule has 4 heteroatoms. The summed E-state index contributed by atoms with van der Waals surface area (Å²) in [5.74, 6) is -0.321. The Kier molecular flexibility index (Phi) is 2.92. The fourth-order valence-corrected chi connectivity index (χ4v) is 1.97. The van der Waals surface area contributed by atoms with E-state index in [1.807, 2.05) is 13.8 Å². The van der Waals surface area contributed by atoms with Crippen LogP contribution in [-0.4, -0.2) is 18.5 Å². The van der Waals surface area contributed by atoms with E-state index >= 15 is 0 Å². The van der Waals surface area contributed by atoms with Gasteiger partial charge in [0.2, 0.25) is 5.91 Å². The Balaban J connectivity index is 2.31. The van der Waals surface area contributed by atoms with Crippen molar-refractivity contribution in [3.8, 4) is 0 Å². The second kappa shape index (κ2) is 4.22. The van der Waals surface area contributed by atoms with Crippen molar-refractivity contribution < 1.29 is 9.18 Å². The van der Waals surface area contributed by atoms with Gasteiger partial charge in [0.15, 0.2) is 0 Å². The highest BCUT2D eigenvalue weighted by Crippen LogP contribution is 2.21. The molecule has 1 aliphatic rings. The molecule has 0 aromatic heterocycles. The van der Waals surface area contributed by atoms with E-state index in [1.54, 1.807) is 6.07 Å². The summed E-state index contributed by atoms with van der Waals surface area (Å²) in [4.78, 5) is 11.7. The molecule has 86 valence electrons. The van der Waals surface area contributed by atoms with E-state index < -0.39 is 0 Å². The molecule has 1 aliphatic heterocycles. The van der Waals surface area contributed by atoms with E-state index in [1.165, 1.54) is 12.1 Å². The lowest BCUT2D eigenvalue weighted by molar-refractivity contribution is -0.125. The van der Waals surface area contributed by atoms with Crippen LogP contribution in [0.25, 0.3) is 0 Å². The van der Waals surface area contributed by atoms with E-state index in [4.69, 9.17) is 0 Å². The van der Waals surface area contributed by atoms with Crippen molar-refractivity contribution in [2.75, 3.05) is 6.54 Å². The number of nitrogens with one attached hydrogen (secondary N) is 2. The predicted molar refractivity (Wildman–Crippen MR) is 59.5 cm³/mol. The fourth-order valence-electron chi connectivity index (χ4n) is 1.97. The van der Waals surface area contributed by atoms with Gasteiger partial charge in [-0.05, 0) is 37.1 Å². The van der Waals surface area contributed by atoms with Gasteiger partial charge in [-0.1, -0.05) is 6.07 Å². The second-order valence-corrected chi connectivity index (χ2v) is 4.25.